The molecule has 3 heterocycles. The fourth-order valence-electron chi connectivity index (χ4n) is 7.00. The second kappa shape index (κ2) is 8.90. The molecule has 1 unspecified atom stereocenters. The molecular formula is C38H24N2S2. The van der Waals surface area contributed by atoms with Crippen LogP contribution in [0, 0.1) is 11.3 Å². The van der Waals surface area contributed by atoms with Gasteiger partial charge in [-0.2, -0.15) is 5.26 Å². The lowest BCUT2D eigenvalue weighted by atomic mass is 9.85. The lowest BCUT2D eigenvalue weighted by molar-refractivity contribution is 0.802. The van der Waals surface area contributed by atoms with Crippen LogP contribution < -0.4 is 0 Å². The normalized spacial score (nSPS) is 15.0. The minimum absolute atomic E-state index is 0.429. The van der Waals surface area contributed by atoms with E-state index < -0.39 is 0 Å². The topological polar surface area (TPSA) is 28.7 Å². The van der Waals surface area contributed by atoms with Gasteiger partial charge in [-0.15, -0.1) is 22.7 Å². The zero-order valence-corrected chi connectivity index (χ0v) is 24.5. The minimum Gasteiger partial charge on any atom is -0.309 e. The van der Waals surface area contributed by atoms with Crippen LogP contribution in [0.2, 0.25) is 0 Å². The third-order valence-electron chi connectivity index (χ3n) is 8.85. The molecule has 1 aliphatic carbocycles. The second-order valence-corrected chi connectivity index (χ2v) is 13.4. The third kappa shape index (κ3) is 3.30. The van der Waals surface area contributed by atoms with Crippen molar-refractivity contribution < 1.29 is 0 Å². The molecule has 0 bridgehead atoms. The highest BCUT2D eigenvalue weighted by Crippen LogP contribution is 2.50. The van der Waals surface area contributed by atoms with Gasteiger partial charge in [-0.3, -0.25) is 0 Å². The van der Waals surface area contributed by atoms with Gasteiger partial charge < -0.3 is 4.57 Å². The summed E-state index contributed by atoms with van der Waals surface area (Å²) in [6.45, 7) is 2.38. The van der Waals surface area contributed by atoms with E-state index in [1.807, 2.05) is 34.8 Å². The van der Waals surface area contributed by atoms with Crippen LogP contribution in [0.5, 0.6) is 0 Å². The lowest BCUT2D eigenvalue weighted by Crippen LogP contribution is -2.05. The molecule has 9 rings (SSSR count). The number of allylic oxidation sites excluding steroid dienone is 1. The van der Waals surface area contributed by atoms with Crippen LogP contribution >= 0.6 is 22.7 Å². The Hall–Kier alpha value is -4.69. The Morgan fingerprint density at radius 2 is 1.45 bits per heavy atom. The van der Waals surface area contributed by atoms with E-state index in [4.69, 9.17) is 0 Å². The van der Waals surface area contributed by atoms with Crippen molar-refractivity contribution in [1.82, 2.24) is 4.57 Å². The van der Waals surface area contributed by atoms with Gasteiger partial charge in [0.2, 0.25) is 0 Å². The highest BCUT2D eigenvalue weighted by atomic mass is 32.1. The Morgan fingerprint density at radius 3 is 2.24 bits per heavy atom. The molecular weight excluding hydrogens is 549 g/mol. The van der Waals surface area contributed by atoms with Gasteiger partial charge in [0.15, 0.2) is 0 Å². The van der Waals surface area contributed by atoms with Crippen molar-refractivity contribution in [3.8, 4) is 11.8 Å². The summed E-state index contributed by atoms with van der Waals surface area (Å²) in [5.41, 5.74) is 8.47. The van der Waals surface area contributed by atoms with Gasteiger partial charge in [-0.1, -0.05) is 67.6 Å². The number of thiophene rings is 2. The summed E-state index contributed by atoms with van der Waals surface area (Å²) in [5.74, 6) is 0.429. The maximum absolute atomic E-state index is 9.52. The van der Waals surface area contributed by atoms with E-state index in [0.717, 1.165) is 6.42 Å². The molecule has 198 valence electrons. The van der Waals surface area contributed by atoms with E-state index in [1.165, 1.54) is 79.3 Å². The fraction of sp³-hybridized carbons (Fsp3) is 0.0789. The molecule has 42 heavy (non-hydrogen) atoms. The van der Waals surface area contributed by atoms with Crippen molar-refractivity contribution in [3.63, 3.8) is 0 Å². The quantitative estimate of drug-likeness (QED) is 0.202. The summed E-state index contributed by atoms with van der Waals surface area (Å²) in [4.78, 5) is 1.48. The molecule has 0 N–H and O–H groups in total. The SMILES string of the molecule is CC1CC(c2ccccc2-n2c3ccccc3c3ccccc32)=Cc2c1sc1ccc3c4cc(C#N)ccc4sc3c21. The number of rotatable bonds is 2. The number of hydrogen-bond acceptors (Lipinski definition) is 3. The summed E-state index contributed by atoms with van der Waals surface area (Å²) < 4.78 is 6.36. The number of hydrogen-bond donors (Lipinski definition) is 0. The van der Waals surface area contributed by atoms with Crippen LogP contribution in [0.25, 0.3) is 69.4 Å². The molecule has 4 heteroatoms. The Labute approximate surface area is 251 Å². The van der Waals surface area contributed by atoms with Crippen molar-refractivity contribution in [3.05, 3.63) is 125 Å². The van der Waals surface area contributed by atoms with Crippen LogP contribution in [0.4, 0.5) is 0 Å². The first-order valence-corrected chi connectivity index (χ1v) is 15.9. The molecule has 8 aromatic rings. The highest BCUT2D eigenvalue weighted by molar-refractivity contribution is 7.28. The fourth-order valence-corrected chi connectivity index (χ4v) is 9.56. The molecule has 0 spiro atoms. The molecule has 0 fully saturated rings. The van der Waals surface area contributed by atoms with Gasteiger partial charge in [0.1, 0.15) is 0 Å². The second-order valence-electron chi connectivity index (χ2n) is 11.3. The average Bonchev–Trinajstić information content (AvgIpc) is 3.70. The van der Waals surface area contributed by atoms with Crippen LogP contribution in [0.3, 0.4) is 0 Å². The van der Waals surface area contributed by atoms with E-state index in [9.17, 15) is 5.26 Å². The van der Waals surface area contributed by atoms with E-state index in [1.54, 1.807) is 0 Å². The number of nitriles is 1. The molecule has 0 aliphatic heterocycles. The maximum atomic E-state index is 9.52. The first-order valence-electron chi connectivity index (χ1n) is 14.3. The first-order chi connectivity index (χ1) is 20.7. The predicted molar refractivity (Wildman–Crippen MR) is 181 cm³/mol. The highest BCUT2D eigenvalue weighted by Gasteiger charge is 2.26. The molecule has 0 radical (unpaired) electrons. The molecule has 1 atom stereocenters. The molecule has 1 aliphatic rings. The van der Waals surface area contributed by atoms with Gasteiger partial charge >= 0.3 is 0 Å². The van der Waals surface area contributed by atoms with Gasteiger partial charge in [-0.05, 0) is 72.0 Å². The smallest absolute Gasteiger partial charge is 0.0991 e. The van der Waals surface area contributed by atoms with Gasteiger partial charge in [0.25, 0.3) is 0 Å². The van der Waals surface area contributed by atoms with Crippen molar-refractivity contribution >= 4 is 86.4 Å². The van der Waals surface area contributed by atoms with Crippen LogP contribution in [0.15, 0.2) is 103 Å². The molecule has 0 saturated heterocycles. The number of benzene rings is 5. The molecule has 3 aromatic heterocycles. The summed E-state index contributed by atoms with van der Waals surface area (Å²) >= 11 is 3.80. The molecule has 2 nitrogen and oxygen atoms in total. The number of aromatic nitrogens is 1. The molecule has 0 amide bonds. The van der Waals surface area contributed by atoms with E-state index in [0.29, 0.717) is 11.5 Å². The van der Waals surface area contributed by atoms with Gasteiger partial charge in [-0.25, -0.2) is 0 Å². The summed E-state index contributed by atoms with van der Waals surface area (Å²) in [6.07, 6.45) is 3.49. The molecule has 0 saturated carbocycles. The third-order valence-corrected chi connectivity index (χ3v) is 11.5. The number of nitrogens with zero attached hydrogens (tertiary/aromatic N) is 2. The summed E-state index contributed by atoms with van der Waals surface area (Å²) in [6, 6.07) is 39.4. The Bertz CT molecular complexity index is 2420. The van der Waals surface area contributed by atoms with Crippen molar-refractivity contribution in [2.24, 2.45) is 0 Å². The van der Waals surface area contributed by atoms with E-state index in [-0.39, 0.29) is 0 Å². The standard InChI is InChI=1S/C38H24N2S2/c1-22-18-24(25-8-2-5-11-31(25)40-32-12-6-3-9-26(32)27-10-4-7-13-33(27)40)20-30-36-35(42-37(22)30)17-15-28-29-19-23(21-39)14-16-34(29)41-38(28)36/h2-17,19-20,22H,18H2,1H3. The Kier molecular flexibility index (Phi) is 5.08. The molecule has 5 aromatic carbocycles. The lowest BCUT2D eigenvalue weighted by Gasteiger charge is -2.23. The van der Waals surface area contributed by atoms with E-state index in [2.05, 4.69) is 115 Å². The summed E-state index contributed by atoms with van der Waals surface area (Å²) in [5, 5.41) is 15.9. The monoisotopic (exact) mass is 572 g/mol. The van der Waals surface area contributed by atoms with Crippen molar-refractivity contribution in [2.45, 2.75) is 19.3 Å². The number of fused-ring (bicyclic) bond motifs is 10. The Balaban J connectivity index is 1.31. The van der Waals surface area contributed by atoms with Crippen molar-refractivity contribution in [2.75, 3.05) is 0 Å². The average molecular weight is 573 g/mol. The van der Waals surface area contributed by atoms with Crippen LogP contribution in [-0.2, 0) is 0 Å². The van der Waals surface area contributed by atoms with Crippen LogP contribution in [0.1, 0.15) is 40.8 Å². The Morgan fingerprint density at radius 1 is 0.738 bits per heavy atom. The van der Waals surface area contributed by atoms with Crippen LogP contribution in [-0.4, -0.2) is 4.57 Å². The zero-order valence-electron chi connectivity index (χ0n) is 22.9. The van der Waals surface area contributed by atoms with Gasteiger partial charge in [0.05, 0.1) is 28.4 Å². The zero-order chi connectivity index (χ0) is 27.9. The van der Waals surface area contributed by atoms with Crippen molar-refractivity contribution in [1.29, 1.82) is 5.26 Å². The van der Waals surface area contributed by atoms with Gasteiger partial charge in [0, 0.05) is 51.5 Å². The maximum Gasteiger partial charge on any atom is 0.0991 e. The number of para-hydroxylation sites is 3. The van der Waals surface area contributed by atoms with E-state index >= 15 is 0 Å². The largest absolute Gasteiger partial charge is 0.309 e. The first kappa shape index (κ1) is 24.0. The summed E-state index contributed by atoms with van der Waals surface area (Å²) in [7, 11) is 0. The predicted octanol–water partition coefficient (Wildman–Crippen LogP) is 11.3. The minimum atomic E-state index is 0.429.